The highest BCUT2D eigenvalue weighted by atomic mass is 19.1. The molecule has 3 heteroatoms. The van der Waals surface area contributed by atoms with Crippen molar-refractivity contribution in [2.24, 2.45) is 0 Å². The maximum absolute atomic E-state index is 13.5. The van der Waals surface area contributed by atoms with Gasteiger partial charge in [-0.15, -0.1) is 0 Å². The Balaban J connectivity index is 1.58. The first-order valence-electron chi connectivity index (χ1n) is 9.64. The summed E-state index contributed by atoms with van der Waals surface area (Å²) in [5, 5.41) is 0. The molecule has 28 heavy (non-hydrogen) atoms. The average molecular weight is 370 g/mol. The smallest absolute Gasteiger partial charge is 0.123 e. The molecule has 0 aliphatic heterocycles. The molecule has 0 unspecified atom stereocenters. The topological polar surface area (TPSA) is 17.8 Å². The Morgan fingerprint density at radius 2 is 1.57 bits per heavy atom. The third-order valence-electron chi connectivity index (χ3n) is 5.02. The van der Waals surface area contributed by atoms with Crippen molar-refractivity contribution in [2.45, 2.75) is 26.3 Å². The van der Waals surface area contributed by atoms with Gasteiger partial charge in [0.1, 0.15) is 5.82 Å². The maximum Gasteiger partial charge on any atom is 0.123 e. The summed E-state index contributed by atoms with van der Waals surface area (Å²) in [6.45, 7) is 2.92. The van der Waals surface area contributed by atoms with Crippen molar-refractivity contribution in [2.75, 3.05) is 0 Å². The predicted octanol–water partition coefficient (Wildman–Crippen LogP) is 5.89. The van der Waals surface area contributed by atoms with E-state index in [2.05, 4.69) is 65.0 Å². The Labute approximate surface area is 165 Å². The van der Waals surface area contributed by atoms with E-state index in [1.165, 1.54) is 28.5 Å². The zero-order chi connectivity index (χ0) is 19.3. The summed E-state index contributed by atoms with van der Waals surface area (Å²) < 4.78 is 15.7. The number of halogens is 1. The molecular weight excluding hydrogens is 347 g/mol. The molecule has 3 aromatic carbocycles. The van der Waals surface area contributed by atoms with Gasteiger partial charge in [-0.2, -0.15) is 0 Å². The predicted molar refractivity (Wildman–Crippen MR) is 112 cm³/mol. The van der Waals surface area contributed by atoms with Gasteiger partial charge in [0.25, 0.3) is 0 Å². The molecule has 0 spiro atoms. The van der Waals surface area contributed by atoms with Crippen LogP contribution in [0.2, 0.25) is 0 Å². The van der Waals surface area contributed by atoms with E-state index in [-0.39, 0.29) is 5.82 Å². The van der Waals surface area contributed by atoms with Gasteiger partial charge in [0.05, 0.1) is 12.0 Å². The van der Waals surface area contributed by atoms with E-state index in [0.29, 0.717) is 6.42 Å². The number of hydrogen-bond acceptors (Lipinski definition) is 1. The van der Waals surface area contributed by atoms with Crippen LogP contribution in [0.1, 0.15) is 29.4 Å². The molecule has 0 saturated heterocycles. The van der Waals surface area contributed by atoms with Crippen LogP contribution in [0.15, 0.2) is 85.2 Å². The summed E-state index contributed by atoms with van der Waals surface area (Å²) in [4.78, 5) is 4.63. The lowest BCUT2D eigenvalue weighted by atomic mass is 10.0. The molecule has 0 amide bonds. The molecule has 4 aromatic rings. The van der Waals surface area contributed by atoms with E-state index in [9.17, 15) is 4.39 Å². The lowest BCUT2D eigenvalue weighted by molar-refractivity contribution is 0.626. The van der Waals surface area contributed by atoms with E-state index >= 15 is 0 Å². The van der Waals surface area contributed by atoms with E-state index in [1.54, 1.807) is 12.1 Å². The number of hydrogen-bond donors (Lipinski definition) is 0. The zero-order valence-corrected chi connectivity index (χ0v) is 16.0. The Morgan fingerprint density at radius 1 is 0.821 bits per heavy atom. The van der Waals surface area contributed by atoms with Crippen LogP contribution in [-0.2, 0) is 19.4 Å². The molecule has 1 aromatic heterocycles. The van der Waals surface area contributed by atoms with Gasteiger partial charge in [-0.1, -0.05) is 67.6 Å². The number of aromatic nitrogens is 2. The monoisotopic (exact) mass is 370 g/mol. The van der Waals surface area contributed by atoms with Crippen molar-refractivity contribution in [3.8, 4) is 11.1 Å². The number of rotatable bonds is 6. The molecule has 0 aliphatic carbocycles. The third-order valence-corrected chi connectivity index (χ3v) is 5.02. The minimum absolute atomic E-state index is 0.201. The van der Waals surface area contributed by atoms with Gasteiger partial charge in [-0.05, 0) is 46.9 Å². The first-order chi connectivity index (χ1) is 13.7. The molecular formula is C25H23FN2. The highest BCUT2D eigenvalue weighted by Crippen LogP contribution is 2.22. The van der Waals surface area contributed by atoms with Crippen LogP contribution < -0.4 is 0 Å². The fourth-order valence-electron chi connectivity index (χ4n) is 3.66. The van der Waals surface area contributed by atoms with Crippen LogP contribution >= 0.6 is 0 Å². The van der Waals surface area contributed by atoms with E-state index < -0.39 is 0 Å². The molecule has 0 radical (unpaired) electrons. The van der Waals surface area contributed by atoms with Gasteiger partial charge in [-0.3, -0.25) is 0 Å². The maximum atomic E-state index is 13.5. The third kappa shape index (κ3) is 4.04. The van der Waals surface area contributed by atoms with E-state index in [4.69, 9.17) is 0 Å². The summed E-state index contributed by atoms with van der Waals surface area (Å²) in [6.07, 6.45) is 3.45. The lowest BCUT2D eigenvalue weighted by Gasteiger charge is -2.10. The number of imidazole rings is 1. The molecule has 0 atom stereocenters. The minimum Gasteiger partial charge on any atom is -0.330 e. The Morgan fingerprint density at radius 3 is 2.36 bits per heavy atom. The van der Waals surface area contributed by atoms with Gasteiger partial charge in [0, 0.05) is 18.7 Å². The van der Waals surface area contributed by atoms with Gasteiger partial charge in [-0.25, -0.2) is 9.37 Å². The van der Waals surface area contributed by atoms with E-state index in [0.717, 1.165) is 24.2 Å². The summed E-state index contributed by atoms with van der Waals surface area (Å²) in [5.74, 6) is -0.201. The van der Waals surface area contributed by atoms with Crippen molar-refractivity contribution in [1.29, 1.82) is 0 Å². The molecule has 140 valence electrons. The fraction of sp³-hybridized carbons (Fsp3) is 0.160. The SMILES string of the molecule is CCc1c(Cc2cccc(F)c2)ncn1Cc1cccc(-c2ccccc2)c1. The molecule has 0 fully saturated rings. The van der Waals surface area contributed by atoms with Crippen LogP contribution in [0, 0.1) is 5.82 Å². The second-order valence-corrected chi connectivity index (χ2v) is 6.99. The first-order valence-corrected chi connectivity index (χ1v) is 9.64. The van der Waals surface area contributed by atoms with Gasteiger partial charge >= 0.3 is 0 Å². The summed E-state index contributed by atoms with van der Waals surface area (Å²) in [7, 11) is 0. The second-order valence-electron chi connectivity index (χ2n) is 6.99. The summed E-state index contributed by atoms with van der Waals surface area (Å²) in [6, 6.07) is 25.8. The molecule has 0 bridgehead atoms. The van der Waals surface area contributed by atoms with Crippen molar-refractivity contribution in [3.63, 3.8) is 0 Å². The number of nitrogens with zero attached hydrogens (tertiary/aromatic N) is 2. The summed E-state index contributed by atoms with van der Waals surface area (Å²) >= 11 is 0. The Bertz CT molecular complexity index is 1070. The van der Waals surface area contributed by atoms with E-state index in [1.807, 2.05) is 18.5 Å². The standard InChI is InChI=1S/C25H23FN2/c1-2-25-24(16-19-8-7-13-23(26)15-19)27-18-28(25)17-20-9-6-12-22(14-20)21-10-4-3-5-11-21/h3-15,18H,2,16-17H2,1H3. The average Bonchev–Trinajstić information content (AvgIpc) is 3.10. The largest absolute Gasteiger partial charge is 0.330 e. The first kappa shape index (κ1) is 18.2. The molecule has 2 nitrogen and oxygen atoms in total. The van der Waals surface area contributed by atoms with Crippen LogP contribution in [0.4, 0.5) is 4.39 Å². The zero-order valence-electron chi connectivity index (χ0n) is 16.0. The molecule has 0 aliphatic rings. The normalized spacial score (nSPS) is 10.9. The van der Waals surface area contributed by atoms with Crippen molar-refractivity contribution < 1.29 is 4.39 Å². The minimum atomic E-state index is -0.201. The fourth-order valence-corrected chi connectivity index (χ4v) is 3.66. The number of benzene rings is 3. The lowest BCUT2D eigenvalue weighted by Crippen LogP contribution is -2.05. The summed E-state index contributed by atoms with van der Waals surface area (Å²) in [5.41, 5.74) is 6.85. The van der Waals surface area contributed by atoms with Gasteiger partial charge < -0.3 is 4.57 Å². The quantitative estimate of drug-likeness (QED) is 0.414. The van der Waals surface area contributed by atoms with Gasteiger partial charge in [0.15, 0.2) is 0 Å². The molecule has 0 saturated carbocycles. The van der Waals surface area contributed by atoms with Crippen LogP contribution in [0.5, 0.6) is 0 Å². The molecule has 1 heterocycles. The second kappa shape index (κ2) is 8.22. The van der Waals surface area contributed by atoms with Crippen LogP contribution in [0.25, 0.3) is 11.1 Å². The molecule has 4 rings (SSSR count). The Hall–Kier alpha value is -3.20. The van der Waals surface area contributed by atoms with Crippen LogP contribution in [0.3, 0.4) is 0 Å². The molecule has 0 N–H and O–H groups in total. The Kier molecular flexibility index (Phi) is 5.34. The van der Waals surface area contributed by atoms with Crippen molar-refractivity contribution in [3.05, 3.63) is 114 Å². The van der Waals surface area contributed by atoms with Crippen LogP contribution in [-0.4, -0.2) is 9.55 Å². The highest BCUT2D eigenvalue weighted by Gasteiger charge is 2.11. The van der Waals surface area contributed by atoms with Gasteiger partial charge in [0.2, 0.25) is 0 Å². The highest BCUT2D eigenvalue weighted by molar-refractivity contribution is 5.63. The van der Waals surface area contributed by atoms with Crippen molar-refractivity contribution in [1.82, 2.24) is 9.55 Å². The van der Waals surface area contributed by atoms with Crippen molar-refractivity contribution >= 4 is 0 Å².